The van der Waals surface area contributed by atoms with Crippen molar-refractivity contribution in [2.75, 3.05) is 41.7 Å². The molecule has 0 spiro atoms. The van der Waals surface area contributed by atoms with E-state index in [1.165, 1.54) is 11.8 Å². The van der Waals surface area contributed by atoms with Crippen molar-refractivity contribution in [2.24, 2.45) is 4.99 Å². The average Bonchev–Trinajstić information content (AvgIpc) is 3.28. The molecule has 1 amide bonds. The van der Waals surface area contributed by atoms with Gasteiger partial charge in [0.15, 0.2) is 15.0 Å². The van der Waals surface area contributed by atoms with Crippen LogP contribution in [0, 0.1) is 0 Å². The number of amidine groups is 1. The summed E-state index contributed by atoms with van der Waals surface area (Å²) in [6.07, 6.45) is 0.817. The minimum Gasteiger partial charge on any atom is -0.497 e. The number of ether oxygens (including phenoxy) is 2. The molecule has 0 bridgehead atoms. The summed E-state index contributed by atoms with van der Waals surface area (Å²) in [6.45, 7) is 2.04. The Morgan fingerprint density at radius 3 is 2.70 bits per heavy atom. The van der Waals surface area contributed by atoms with E-state index in [0.29, 0.717) is 22.4 Å². The molecule has 1 saturated heterocycles. The Labute approximate surface area is 198 Å². The van der Waals surface area contributed by atoms with Crippen LogP contribution in [0.4, 0.5) is 11.4 Å². The van der Waals surface area contributed by atoms with Crippen LogP contribution in [0.15, 0.2) is 47.5 Å². The second-order valence-electron chi connectivity index (χ2n) is 7.88. The topological polar surface area (TPSA) is 97.3 Å². The minimum atomic E-state index is -3.19. The van der Waals surface area contributed by atoms with E-state index >= 15 is 0 Å². The van der Waals surface area contributed by atoms with Gasteiger partial charge in [-0.1, -0.05) is 36.9 Å². The largest absolute Gasteiger partial charge is 0.497 e. The lowest BCUT2D eigenvalue weighted by atomic mass is 10.1. The van der Waals surface area contributed by atoms with Crippen molar-refractivity contribution in [1.29, 1.82) is 0 Å². The number of rotatable bonds is 7. The highest BCUT2D eigenvalue weighted by atomic mass is 32.2. The molecule has 0 radical (unpaired) electrons. The number of sulfone groups is 1. The number of hydrogen-bond donors (Lipinski definition) is 1. The van der Waals surface area contributed by atoms with Crippen molar-refractivity contribution >= 4 is 44.0 Å². The van der Waals surface area contributed by atoms with E-state index in [-0.39, 0.29) is 35.2 Å². The second kappa shape index (κ2) is 9.64. The number of nitrogens with zero attached hydrogens (tertiary/aromatic N) is 2. The number of aryl methyl sites for hydroxylation is 1. The van der Waals surface area contributed by atoms with E-state index < -0.39 is 9.84 Å². The van der Waals surface area contributed by atoms with Crippen LogP contribution in [0.1, 0.15) is 12.5 Å². The first-order valence-corrected chi connectivity index (χ1v) is 13.5. The van der Waals surface area contributed by atoms with Crippen molar-refractivity contribution in [1.82, 2.24) is 0 Å². The zero-order valence-corrected chi connectivity index (χ0v) is 20.4. The molecule has 0 saturated carbocycles. The third-order valence-electron chi connectivity index (χ3n) is 5.76. The molecule has 2 aromatic rings. The minimum absolute atomic E-state index is 0.000578. The molecule has 10 heteroatoms. The first-order valence-electron chi connectivity index (χ1n) is 10.6. The quantitative estimate of drug-likeness (QED) is 0.639. The SMILES string of the molecule is CCc1ccccc1NC(=O)CSC1=NC2CS(=O)(=O)CC2N1c1cc(OC)ccc1OC. The van der Waals surface area contributed by atoms with Crippen LogP contribution in [-0.2, 0) is 21.1 Å². The standard InChI is InChI=1S/C23H27N3O5S2/c1-4-15-7-5-6-8-17(15)24-22(27)12-32-23-25-18-13-33(28,29)14-20(18)26(23)19-11-16(30-2)9-10-21(19)31-3/h5-11,18,20H,4,12-14H2,1-3H3,(H,24,27). The molecule has 8 nitrogen and oxygen atoms in total. The molecule has 1 N–H and O–H groups in total. The van der Waals surface area contributed by atoms with E-state index in [2.05, 4.69) is 5.32 Å². The fourth-order valence-electron chi connectivity index (χ4n) is 4.17. The van der Waals surface area contributed by atoms with Gasteiger partial charge in [0.25, 0.3) is 0 Å². The molecule has 2 heterocycles. The Morgan fingerprint density at radius 2 is 1.97 bits per heavy atom. The van der Waals surface area contributed by atoms with E-state index in [1.54, 1.807) is 32.4 Å². The second-order valence-corrected chi connectivity index (χ2v) is 11.0. The molecule has 0 aliphatic carbocycles. The number of aliphatic imine (C=N–C) groups is 1. The monoisotopic (exact) mass is 489 g/mol. The first kappa shape index (κ1) is 23.4. The van der Waals surface area contributed by atoms with Gasteiger partial charge in [-0.15, -0.1) is 0 Å². The van der Waals surface area contributed by atoms with Crippen LogP contribution in [0.3, 0.4) is 0 Å². The van der Waals surface area contributed by atoms with Gasteiger partial charge in [-0.3, -0.25) is 9.79 Å². The molecule has 2 aliphatic rings. The van der Waals surface area contributed by atoms with Crippen molar-refractivity contribution in [2.45, 2.75) is 25.4 Å². The van der Waals surface area contributed by atoms with Crippen LogP contribution in [0.25, 0.3) is 0 Å². The number of anilines is 2. The Hall–Kier alpha value is -2.72. The highest BCUT2D eigenvalue weighted by Crippen LogP contribution is 2.41. The van der Waals surface area contributed by atoms with Gasteiger partial charge in [0, 0.05) is 11.8 Å². The Bertz CT molecular complexity index is 1180. The van der Waals surface area contributed by atoms with E-state index in [0.717, 1.165) is 17.7 Å². The number of para-hydroxylation sites is 1. The first-order chi connectivity index (χ1) is 15.8. The molecule has 2 atom stereocenters. The van der Waals surface area contributed by atoms with Gasteiger partial charge in [-0.05, 0) is 30.2 Å². The number of amides is 1. The zero-order chi connectivity index (χ0) is 23.6. The van der Waals surface area contributed by atoms with Gasteiger partial charge in [0.05, 0.1) is 49.2 Å². The Morgan fingerprint density at radius 1 is 1.18 bits per heavy atom. The van der Waals surface area contributed by atoms with E-state index in [1.807, 2.05) is 36.1 Å². The number of nitrogens with one attached hydrogen (secondary N) is 1. The summed E-state index contributed by atoms with van der Waals surface area (Å²) in [5, 5.41) is 3.57. The summed E-state index contributed by atoms with van der Waals surface area (Å²) in [7, 11) is -0.0617. The number of carbonyl (C=O) groups excluding carboxylic acids is 1. The van der Waals surface area contributed by atoms with E-state index in [4.69, 9.17) is 14.5 Å². The third kappa shape index (κ3) is 4.96. The molecule has 2 aromatic carbocycles. The molecular formula is C23H27N3O5S2. The summed E-state index contributed by atoms with van der Waals surface area (Å²) in [5.74, 6) is 1.20. The van der Waals surface area contributed by atoms with Crippen molar-refractivity contribution in [3.8, 4) is 11.5 Å². The number of benzene rings is 2. The average molecular weight is 490 g/mol. The van der Waals surface area contributed by atoms with Crippen LogP contribution in [0.5, 0.6) is 11.5 Å². The summed E-state index contributed by atoms with van der Waals surface area (Å²) < 4.78 is 35.5. The van der Waals surface area contributed by atoms with Crippen LogP contribution < -0.4 is 19.7 Å². The van der Waals surface area contributed by atoms with Gasteiger partial charge < -0.3 is 19.7 Å². The van der Waals surface area contributed by atoms with Crippen LogP contribution in [0.2, 0.25) is 0 Å². The van der Waals surface area contributed by atoms with E-state index in [9.17, 15) is 13.2 Å². The lowest BCUT2D eigenvalue weighted by Gasteiger charge is -2.28. The number of carbonyl (C=O) groups is 1. The molecule has 2 unspecified atom stereocenters. The van der Waals surface area contributed by atoms with Crippen LogP contribution in [-0.4, -0.2) is 63.1 Å². The maximum Gasteiger partial charge on any atom is 0.234 e. The maximum atomic E-state index is 12.7. The zero-order valence-electron chi connectivity index (χ0n) is 18.8. The highest BCUT2D eigenvalue weighted by Gasteiger charge is 2.48. The third-order valence-corrected chi connectivity index (χ3v) is 8.42. The molecular weight excluding hydrogens is 462 g/mol. The number of thioether (sulfide) groups is 1. The fraction of sp³-hybridized carbons (Fsp3) is 0.391. The lowest BCUT2D eigenvalue weighted by molar-refractivity contribution is -0.113. The molecule has 1 fully saturated rings. The van der Waals surface area contributed by atoms with Crippen molar-refractivity contribution < 1.29 is 22.7 Å². The molecule has 0 aromatic heterocycles. The predicted molar refractivity (Wildman–Crippen MR) is 133 cm³/mol. The van der Waals surface area contributed by atoms with Crippen molar-refractivity contribution in [3.63, 3.8) is 0 Å². The van der Waals surface area contributed by atoms with Gasteiger partial charge in [-0.25, -0.2) is 8.42 Å². The molecule has 176 valence electrons. The molecule has 33 heavy (non-hydrogen) atoms. The van der Waals surface area contributed by atoms with Gasteiger partial charge in [0.1, 0.15) is 11.5 Å². The number of methoxy groups -OCH3 is 2. The summed E-state index contributed by atoms with van der Waals surface area (Å²) in [6, 6.07) is 12.4. The fourth-order valence-corrected chi connectivity index (χ4v) is 6.93. The highest BCUT2D eigenvalue weighted by molar-refractivity contribution is 8.14. The Balaban J connectivity index is 1.58. The molecule has 4 rings (SSSR count). The number of fused-ring (bicyclic) bond motifs is 1. The van der Waals surface area contributed by atoms with Crippen molar-refractivity contribution in [3.05, 3.63) is 48.0 Å². The summed E-state index contributed by atoms with van der Waals surface area (Å²) in [5.41, 5.74) is 2.54. The summed E-state index contributed by atoms with van der Waals surface area (Å²) in [4.78, 5) is 19.3. The lowest BCUT2D eigenvalue weighted by Crippen LogP contribution is -2.39. The van der Waals surface area contributed by atoms with Gasteiger partial charge in [0.2, 0.25) is 5.91 Å². The maximum absolute atomic E-state index is 12.7. The smallest absolute Gasteiger partial charge is 0.234 e. The normalized spacial score (nSPS) is 20.8. The van der Waals surface area contributed by atoms with Crippen LogP contribution >= 0.6 is 11.8 Å². The molecule has 2 aliphatic heterocycles. The predicted octanol–water partition coefficient (Wildman–Crippen LogP) is 2.98. The van der Waals surface area contributed by atoms with Gasteiger partial charge >= 0.3 is 0 Å². The summed E-state index contributed by atoms with van der Waals surface area (Å²) >= 11 is 1.29. The number of hydrogen-bond acceptors (Lipinski definition) is 8. The Kier molecular flexibility index (Phi) is 6.85. The van der Waals surface area contributed by atoms with Gasteiger partial charge in [-0.2, -0.15) is 0 Å².